The number of guanidine groups is 2. The smallest absolute Gasteiger partial charge is 0.404 e. The van der Waals surface area contributed by atoms with E-state index in [0.717, 1.165) is 0 Å². The molecule has 10 N–H and O–H groups in total. The highest BCUT2D eigenvalue weighted by Gasteiger charge is 2.76. The molecule has 16 heteroatoms. The van der Waals surface area contributed by atoms with Crippen LogP contribution in [0, 0.1) is 0 Å². The first-order valence-corrected chi connectivity index (χ1v) is 8.61. The fraction of sp³-hybridized carbons (Fsp3) is 0.700. The zero-order valence-electron chi connectivity index (χ0n) is 13.2. The number of ether oxygens (including phenoxy) is 1. The lowest BCUT2D eigenvalue weighted by molar-refractivity contribution is -0.683. The van der Waals surface area contributed by atoms with E-state index >= 15 is 0 Å². The first kappa shape index (κ1) is 18.4. The highest BCUT2D eigenvalue weighted by molar-refractivity contribution is 7.80. The predicted octanol–water partition coefficient (Wildman–Crippen LogP) is -7.37. The molecule has 3 atom stereocenters. The molecule has 1 amide bonds. The number of nitrogens with zero attached hydrogens (tertiary/aromatic N) is 2. The van der Waals surface area contributed by atoms with Gasteiger partial charge in [0.2, 0.25) is 5.79 Å². The van der Waals surface area contributed by atoms with Crippen molar-refractivity contribution in [3.8, 4) is 0 Å². The van der Waals surface area contributed by atoms with E-state index in [1.165, 1.54) is 4.58 Å². The molecule has 1 saturated heterocycles. The van der Waals surface area contributed by atoms with Gasteiger partial charge in [-0.25, -0.2) is 23.1 Å². The van der Waals surface area contributed by atoms with Crippen molar-refractivity contribution in [1.82, 2.24) is 10.4 Å². The third-order valence-corrected chi connectivity index (χ3v) is 4.91. The summed E-state index contributed by atoms with van der Waals surface area (Å²) in [5, 5.41) is 24.2. The minimum absolute atomic E-state index is 0.0422. The summed E-state index contributed by atoms with van der Waals surface area (Å²) in [6, 6.07) is -2.44. The maximum Gasteiger partial charge on any atom is 0.404 e. The highest BCUT2D eigenvalue weighted by Crippen LogP contribution is 2.39. The lowest BCUT2D eigenvalue weighted by atomic mass is 9.87. The van der Waals surface area contributed by atoms with Gasteiger partial charge in [0, 0.05) is 6.42 Å². The van der Waals surface area contributed by atoms with Crippen molar-refractivity contribution < 1.29 is 46.6 Å². The number of aliphatic hydroxyl groups is 2. The Balaban J connectivity index is 2.15. The van der Waals surface area contributed by atoms with Crippen molar-refractivity contribution in [1.29, 1.82) is 0 Å². The average Bonchev–Trinajstić information content (AvgIpc) is 2.95. The summed E-state index contributed by atoms with van der Waals surface area (Å²) in [6.45, 7) is -0.649. The molecule has 3 aliphatic rings. The van der Waals surface area contributed by atoms with Crippen molar-refractivity contribution in [3.63, 3.8) is 0 Å². The number of nitrogens with one attached hydrogen (secondary N) is 2. The second-order valence-corrected chi connectivity index (χ2v) is 6.98. The number of hydrogen-bond donors (Lipinski definition) is 7. The van der Waals surface area contributed by atoms with Crippen LogP contribution in [0.4, 0.5) is 4.79 Å². The number of hydroxylamine groups is 2. The van der Waals surface area contributed by atoms with Crippen molar-refractivity contribution in [2.45, 2.75) is 30.0 Å². The zero-order valence-corrected chi connectivity index (χ0v) is 14.0. The van der Waals surface area contributed by atoms with Gasteiger partial charge in [0.05, 0.1) is 6.54 Å². The van der Waals surface area contributed by atoms with Crippen molar-refractivity contribution in [3.05, 3.63) is 0 Å². The Bertz CT molecular complexity index is 810. The average molecular weight is 396 g/mol. The van der Waals surface area contributed by atoms with Gasteiger partial charge in [0.15, 0.2) is 12.1 Å². The quantitative estimate of drug-likeness (QED) is 0.101. The molecule has 146 valence electrons. The van der Waals surface area contributed by atoms with Gasteiger partial charge in [-0.05, 0) is 0 Å². The van der Waals surface area contributed by atoms with Gasteiger partial charge >= 0.3 is 18.0 Å². The lowest BCUT2D eigenvalue weighted by Crippen LogP contribution is -2.91. The van der Waals surface area contributed by atoms with E-state index in [1.807, 2.05) is 0 Å². The van der Waals surface area contributed by atoms with Gasteiger partial charge in [-0.2, -0.15) is 0 Å². The molecule has 0 radical (unpaired) electrons. The second kappa shape index (κ2) is 5.55. The van der Waals surface area contributed by atoms with Gasteiger partial charge in [-0.3, -0.25) is 16.5 Å². The Labute approximate surface area is 146 Å². The predicted molar refractivity (Wildman–Crippen MR) is 77.9 cm³/mol. The summed E-state index contributed by atoms with van der Waals surface area (Å²) in [5.41, 5.74) is 14.8. The molecule has 26 heavy (non-hydrogen) atoms. The Morgan fingerprint density at radius 3 is 2.73 bits per heavy atom. The molecule has 0 aromatic rings. The van der Waals surface area contributed by atoms with Gasteiger partial charge < -0.3 is 25.2 Å². The van der Waals surface area contributed by atoms with Crippen LogP contribution in [0.5, 0.6) is 0 Å². The van der Waals surface area contributed by atoms with Gasteiger partial charge in [-0.1, -0.05) is 4.28 Å². The molecule has 3 rings (SSSR count). The number of amides is 1. The van der Waals surface area contributed by atoms with Gasteiger partial charge in [0.25, 0.3) is 16.1 Å². The number of nitrogens with two attached hydrogens (primary N) is 3. The summed E-state index contributed by atoms with van der Waals surface area (Å²) >= 11 is 0. The first-order chi connectivity index (χ1) is 11.9. The molecule has 0 bridgehead atoms. The normalized spacial score (nSPS) is 32.6. The van der Waals surface area contributed by atoms with Gasteiger partial charge in [-0.15, -0.1) is 5.06 Å². The molecule has 3 aliphatic heterocycles. The molecule has 3 heterocycles. The van der Waals surface area contributed by atoms with Crippen LogP contribution in [-0.4, -0.2) is 87.5 Å². The first-order valence-electron chi connectivity index (χ1n) is 7.28. The standard InChI is InChI=1S/C10H17N7O8S/c11-6-14-5-4(3-24-8(13)18)17(25-26(21,22)23)7(12)16-2-1-9(19,20)10(5,16)15-6/h4-5,12,19-20H,1-3H2,(H6,11,13,14,15,18,21,22,23)/p+1/t4-,5?,10-/m0/s1. The van der Waals surface area contributed by atoms with Crippen molar-refractivity contribution in [2.75, 3.05) is 13.2 Å². The molecule has 0 saturated carbocycles. The monoisotopic (exact) mass is 396 g/mol. The number of carbonyl (C=O) groups excluding carboxylic acids is 1. The number of rotatable bonds is 4. The van der Waals surface area contributed by atoms with Crippen LogP contribution in [0.15, 0.2) is 0 Å². The SMILES string of the molecule is NC(=O)OC[C@H]1C2[NH+]=C(N)N[C@]23[N+](=C(N)N1OS(=O)(=O)[O-])CCC3(O)O. The van der Waals surface area contributed by atoms with E-state index in [2.05, 4.69) is 19.3 Å². The lowest BCUT2D eigenvalue weighted by Gasteiger charge is -2.42. The minimum Gasteiger partial charge on any atom is -0.723 e. The maximum atomic E-state index is 11.1. The number of hydrogen-bond acceptors (Lipinski definition) is 12. The Morgan fingerprint density at radius 1 is 1.50 bits per heavy atom. The van der Waals surface area contributed by atoms with Crippen LogP contribution in [0.3, 0.4) is 0 Å². The molecule has 1 unspecified atom stereocenters. The second-order valence-electron chi connectivity index (χ2n) is 6.01. The van der Waals surface area contributed by atoms with Crippen molar-refractivity contribution in [2.24, 2.45) is 17.2 Å². The molecule has 15 nitrogen and oxygen atoms in total. The van der Waals surface area contributed by atoms with E-state index in [9.17, 15) is 28.0 Å². The van der Waals surface area contributed by atoms with Crippen molar-refractivity contribution >= 4 is 28.4 Å². The molecular weight excluding hydrogens is 378 g/mol. The topological polar surface area (TPSA) is 243 Å². The third kappa shape index (κ3) is 2.58. The van der Waals surface area contributed by atoms with E-state index in [4.69, 9.17) is 17.2 Å². The molecule has 1 spiro atoms. The molecule has 1 fully saturated rings. The zero-order chi connectivity index (χ0) is 19.5. The van der Waals surface area contributed by atoms with E-state index in [0.29, 0.717) is 5.06 Å². The molecule has 0 aliphatic carbocycles. The molecule has 0 aromatic heterocycles. The highest BCUT2D eigenvalue weighted by atomic mass is 32.3. The Hall–Kier alpha value is -2.40. The van der Waals surface area contributed by atoms with Crippen LogP contribution in [0.2, 0.25) is 0 Å². The summed E-state index contributed by atoms with van der Waals surface area (Å²) in [5.74, 6) is -2.89. The van der Waals surface area contributed by atoms with Crippen LogP contribution in [-0.2, 0) is 19.4 Å². The minimum atomic E-state index is -5.26. The third-order valence-electron chi connectivity index (χ3n) is 4.56. The number of carbonyl (C=O) groups is 1. The van der Waals surface area contributed by atoms with E-state index in [-0.39, 0.29) is 18.9 Å². The summed E-state index contributed by atoms with van der Waals surface area (Å²) in [4.78, 5) is 13.7. The summed E-state index contributed by atoms with van der Waals surface area (Å²) in [6.07, 6.45) is -1.40. The van der Waals surface area contributed by atoms with Crippen LogP contribution in [0.1, 0.15) is 6.42 Å². The van der Waals surface area contributed by atoms with E-state index in [1.54, 1.807) is 0 Å². The van der Waals surface area contributed by atoms with E-state index < -0.39 is 52.6 Å². The molecule has 0 aromatic carbocycles. The fourth-order valence-corrected chi connectivity index (χ4v) is 4.03. The Morgan fingerprint density at radius 2 is 2.15 bits per heavy atom. The van der Waals surface area contributed by atoms with Gasteiger partial charge in [0.1, 0.15) is 6.61 Å². The maximum absolute atomic E-state index is 11.1. The number of primary amides is 1. The largest absolute Gasteiger partial charge is 0.723 e. The van der Waals surface area contributed by atoms with Crippen LogP contribution >= 0.6 is 0 Å². The summed E-state index contributed by atoms with van der Waals surface area (Å²) in [7, 11) is -5.26. The molecular formula is C10H18N7O8S+. The Kier molecular flexibility index (Phi) is 3.92. The fourth-order valence-electron chi connectivity index (χ4n) is 3.64. The van der Waals surface area contributed by atoms with Crippen LogP contribution in [0.25, 0.3) is 0 Å². The van der Waals surface area contributed by atoms with Crippen LogP contribution < -0.4 is 27.5 Å². The summed E-state index contributed by atoms with van der Waals surface area (Å²) < 4.78 is 43.6.